The van der Waals surface area contributed by atoms with Crippen molar-refractivity contribution in [3.8, 4) is 16.9 Å². The summed E-state index contributed by atoms with van der Waals surface area (Å²) in [6.07, 6.45) is 9.09. The van der Waals surface area contributed by atoms with Crippen LogP contribution in [0.15, 0.2) is 65.8 Å². The zero-order valence-electron chi connectivity index (χ0n) is 41.5. The molecule has 5 amide bonds. The molecule has 10 heterocycles. The number of aryl methyl sites for hydroxylation is 1. The monoisotopic (exact) mass is 989 g/mol. The number of nitrogens with one attached hydrogen (secondary N) is 2. The molecule has 1 aromatic carbocycles. The number of aliphatic hydroxyl groups is 1. The van der Waals surface area contributed by atoms with E-state index in [1.165, 1.54) is 15.8 Å². The second-order valence-electron chi connectivity index (χ2n) is 21.6. The Kier molecular flexibility index (Phi) is 11.4. The Bertz CT molecular complexity index is 3220. The number of anilines is 4. The molecule has 4 atom stereocenters. The molecule has 3 N–H and O–H groups in total. The van der Waals surface area contributed by atoms with Gasteiger partial charge in [-0.25, -0.2) is 9.97 Å². The molecule has 7 aliphatic rings. The molecule has 1 aliphatic carbocycles. The Morgan fingerprint density at radius 2 is 1.71 bits per heavy atom. The van der Waals surface area contributed by atoms with Gasteiger partial charge in [0.15, 0.2) is 0 Å². The van der Waals surface area contributed by atoms with E-state index in [9.17, 15) is 33.9 Å². The smallest absolute Gasteiger partial charge is 0.276 e. The molecule has 19 nitrogen and oxygen atoms in total. The number of amides is 5. The van der Waals surface area contributed by atoms with Crippen molar-refractivity contribution in [3.63, 3.8) is 0 Å². The number of aliphatic hydroxyl groups excluding tert-OH is 1. The van der Waals surface area contributed by atoms with Crippen LogP contribution in [0.3, 0.4) is 0 Å². The van der Waals surface area contributed by atoms with Gasteiger partial charge in [0.1, 0.15) is 41.4 Å². The molecular weight excluding hydrogens is 931 g/mol. The number of piperidine rings is 2. The minimum atomic E-state index is -1.04. The van der Waals surface area contributed by atoms with Crippen molar-refractivity contribution in [1.82, 2.24) is 39.1 Å². The van der Waals surface area contributed by atoms with E-state index in [0.29, 0.717) is 77.7 Å². The number of pyridine rings is 3. The van der Waals surface area contributed by atoms with Gasteiger partial charge < -0.3 is 29.2 Å². The molecule has 4 aromatic heterocycles. The number of benzene rings is 1. The van der Waals surface area contributed by atoms with E-state index in [1.54, 1.807) is 42.5 Å². The Morgan fingerprint density at radius 3 is 2.49 bits per heavy atom. The van der Waals surface area contributed by atoms with Crippen LogP contribution in [0.25, 0.3) is 11.1 Å². The highest BCUT2D eigenvalue weighted by Gasteiger charge is 2.48. The molecule has 12 rings (SSSR count). The number of imide groups is 2. The van der Waals surface area contributed by atoms with Crippen LogP contribution in [-0.2, 0) is 49.2 Å². The molecule has 1 unspecified atom stereocenters. The minimum absolute atomic E-state index is 0.0565. The lowest BCUT2D eigenvalue weighted by atomic mass is 9.90. The summed E-state index contributed by atoms with van der Waals surface area (Å²) in [6.45, 7) is 11.8. The number of carbonyl (C=O) groups excluding carboxylic acids is 5. The van der Waals surface area contributed by atoms with Gasteiger partial charge in [-0.1, -0.05) is 19.9 Å². The second kappa shape index (κ2) is 17.8. The molecular formula is C54H59N11O8. The Morgan fingerprint density at radius 1 is 0.863 bits per heavy atom. The molecule has 0 spiro atoms. The fourth-order valence-corrected chi connectivity index (χ4v) is 12.7. The number of hydrogen-bond acceptors (Lipinski definition) is 14. The number of fused-ring (bicyclic) bond motifs is 7. The van der Waals surface area contributed by atoms with Crippen molar-refractivity contribution >= 4 is 52.5 Å². The van der Waals surface area contributed by atoms with Crippen molar-refractivity contribution in [2.24, 2.45) is 12.5 Å². The van der Waals surface area contributed by atoms with E-state index in [1.807, 2.05) is 30.5 Å². The third-order valence-corrected chi connectivity index (χ3v) is 16.3. The van der Waals surface area contributed by atoms with Crippen molar-refractivity contribution in [2.75, 3.05) is 54.4 Å². The summed E-state index contributed by atoms with van der Waals surface area (Å²) in [7, 11) is 1.68. The standard InChI is InChI=1S/C54H59N11O8/c1-30-25-61(34-12-14-60-27-31-5-7-38-46(47(31)73-29-36(60)21-34)53(72)65(50(38)69)41-8-10-45(67)58-49(41)68)15-16-62(30)35-6-9-44(56-24-35)57-40-19-33(26-59(4)51(40)70)37-11-13-55-48(39(37)28-66)64-18-17-63-42(52(64)71)20-32-22-54(2,3)23-43(32)63/h5-7,9,11,13,19-20,24,26,30,34,36,41,66H,8,10,12,14-18,21-23,25,27-29H2,1-4H3,(H,56,57)(H,58,67,68)/t30-,34+,36-,41?/m0/s1. The van der Waals surface area contributed by atoms with Crippen LogP contribution >= 0.6 is 0 Å². The van der Waals surface area contributed by atoms with Crippen molar-refractivity contribution in [2.45, 2.75) is 103 Å². The average molecular weight is 990 g/mol. The lowest BCUT2D eigenvalue weighted by Crippen LogP contribution is -2.58. The number of carbonyl (C=O) groups is 5. The Balaban J connectivity index is 0.690. The largest absolute Gasteiger partial charge is 0.491 e. The third-order valence-electron chi connectivity index (χ3n) is 16.3. The average Bonchev–Trinajstić information content (AvgIpc) is 3.90. The van der Waals surface area contributed by atoms with Gasteiger partial charge in [-0.05, 0) is 92.0 Å². The molecule has 5 aromatic rings. The van der Waals surface area contributed by atoms with Gasteiger partial charge in [0.2, 0.25) is 11.8 Å². The van der Waals surface area contributed by atoms with Gasteiger partial charge in [-0.3, -0.25) is 53.7 Å². The zero-order chi connectivity index (χ0) is 50.6. The van der Waals surface area contributed by atoms with Crippen LogP contribution < -0.4 is 30.7 Å². The van der Waals surface area contributed by atoms with E-state index >= 15 is 0 Å². The molecule has 73 heavy (non-hydrogen) atoms. The van der Waals surface area contributed by atoms with E-state index in [0.717, 1.165) is 68.0 Å². The predicted octanol–water partition coefficient (Wildman–Crippen LogP) is 4.00. The van der Waals surface area contributed by atoms with E-state index in [4.69, 9.17) is 9.72 Å². The Hall–Kier alpha value is -7.22. The molecule has 3 fully saturated rings. The van der Waals surface area contributed by atoms with Gasteiger partial charge in [0.25, 0.3) is 23.3 Å². The predicted molar refractivity (Wildman–Crippen MR) is 270 cm³/mol. The lowest BCUT2D eigenvalue weighted by molar-refractivity contribution is -0.136. The lowest BCUT2D eigenvalue weighted by Gasteiger charge is -2.48. The van der Waals surface area contributed by atoms with Gasteiger partial charge in [0, 0.05) is 112 Å². The molecule has 0 radical (unpaired) electrons. The first-order chi connectivity index (χ1) is 35.1. The fraction of sp³-hybridized carbons (Fsp3) is 0.444. The second-order valence-corrected chi connectivity index (χ2v) is 21.6. The fourth-order valence-electron chi connectivity index (χ4n) is 12.7. The van der Waals surface area contributed by atoms with Crippen LogP contribution in [0.4, 0.5) is 23.0 Å². The molecule has 0 bridgehead atoms. The maximum atomic E-state index is 14.0. The van der Waals surface area contributed by atoms with Crippen LogP contribution in [0.2, 0.25) is 0 Å². The van der Waals surface area contributed by atoms with E-state index in [2.05, 4.69) is 55.7 Å². The number of aromatic nitrogens is 4. The number of nitrogens with zero attached hydrogens (tertiary/aromatic N) is 9. The van der Waals surface area contributed by atoms with Crippen molar-refractivity contribution in [1.29, 1.82) is 0 Å². The zero-order valence-corrected chi connectivity index (χ0v) is 41.5. The van der Waals surface area contributed by atoms with E-state index < -0.39 is 29.7 Å². The minimum Gasteiger partial charge on any atom is -0.491 e. The number of piperazine rings is 1. The normalized spacial score (nSPS) is 23.8. The van der Waals surface area contributed by atoms with Gasteiger partial charge in [0.05, 0.1) is 29.6 Å². The van der Waals surface area contributed by atoms with Crippen LogP contribution in [0, 0.1) is 5.41 Å². The summed E-state index contributed by atoms with van der Waals surface area (Å²) in [4.78, 5) is 98.9. The topological polar surface area (TPSA) is 208 Å². The molecule has 6 aliphatic heterocycles. The number of ether oxygens (including phenoxy) is 1. The Labute approximate surface area is 421 Å². The van der Waals surface area contributed by atoms with E-state index in [-0.39, 0.29) is 59.5 Å². The van der Waals surface area contributed by atoms with Crippen molar-refractivity contribution < 1.29 is 33.8 Å². The van der Waals surface area contributed by atoms with Crippen LogP contribution in [0.5, 0.6) is 5.75 Å². The van der Waals surface area contributed by atoms with Gasteiger partial charge in [-0.2, -0.15) is 0 Å². The highest BCUT2D eigenvalue weighted by Crippen LogP contribution is 2.42. The first kappa shape index (κ1) is 46.8. The maximum absolute atomic E-state index is 14.0. The third kappa shape index (κ3) is 7.99. The molecule has 3 saturated heterocycles. The summed E-state index contributed by atoms with van der Waals surface area (Å²) >= 11 is 0. The molecule has 19 heteroatoms. The summed E-state index contributed by atoms with van der Waals surface area (Å²) in [5.74, 6) is -0.962. The summed E-state index contributed by atoms with van der Waals surface area (Å²) in [5.41, 5.74) is 7.45. The summed E-state index contributed by atoms with van der Waals surface area (Å²) in [6, 6.07) is 12.6. The molecule has 378 valence electrons. The number of hydrogen-bond donors (Lipinski definition) is 3. The maximum Gasteiger partial charge on any atom is 0.276 e. The molecule has 0 saturated carbocycles. The highest BCUT2D eigenvalue weighted by molar-refractivity contribution is 6.24. The number of rotatable bonds is 8. The highest BCUT2D eigenvalue weighted by atomic mass is 16.5. The first-order valence-corrected chi connectivity index (χ1v) is 25.5. The van der Waals surface area contributed by atoms with Gasteiger partial charge in [-0.15, -0.1) is 0 Å². The SMILES string of the molecule is C[C@H]1CN([C@@H]2CCN3Cc4ccc5c(c4OC[C@@H]3C2)C(=O)N(C2CCC(=O)NC2=O)C5=O)CCN1c1ccc(Nc2cc(-c3ccnc(N4CCn5c(cc6c5CC(C)(C)C6)C4=O)c3CO)cn(C)c2=O)nc1. The summed E-state index contributed by atoms with van der Waals surface area (Å²) < 4.78 is 10.1. The summed E-state index contributed by atoms with van der Waals surface area (Å²) in [5, 5.41) is 16.3. The quantitative estimate of drug-likeness (QED) is 0.188. The van der Waals surface area contributed by atoms with Crippen molar-refractivity contribution in [3.05, 3.63) is 111 Å². The first-order valence-electron chi connectivity index (χ1n) is 25.5. The van der Waals surface area contributed by atoms with Crippen LogP contribution in [0.1, 0.15) is 100 Å². The van der Waals surface area contributed by atoms with Gasteiger partial charge >= 0.3 is 0 Å². The van der Waals surface area contributed by atoms with Crippen LogP contribution in [-0.4, -0.2) is 132 Å².